The van der Waals surface area contributed by atoms with Crippen molar-refractivity contribution in [3.63, 3.8) is 0 Å². The van der Waals surface area contributed by atoms with Gasteiger partial charge in [-0.25, -0.2) is 0 Å². The van der Waals surface area contributed by atoms with E-state index in [0.29, 0.717) is 5.91 Å². The molecular formula is C12H23NO2. The Morgan fingerprint density at radius 3 is 2.40 bits per heavy atom. The van der Waals surface area contributed by atoms with Gasteiger partial charge in [-0.05, 0) is 20.3 Å². The second kappa shape index (κ2) is 5.50. The molecule has 0 N–H and O–H groups in total. The van der Waals surface area contributed by atoms with E-state index in [0.717, 1.165) is 25.9 Å². The molecule has 1 rings (SSSR count). The number of hydrogen-bond acceptors (Lipinski definition) is 2. The summed E-state index contributed by atoms with van der Waals surface area (Å²) in [6, 6.07) is 0. The minimum atomic E-state index is 0.160. The Bertz CT molecular complexity index is 208. The lowest BCUT2D eigenvalue weighted by Gasteiger charge is -2.36. The molecule has 0 radical (unpaired) electrons. The average Bonchev–Trinajstić information content (AvgIpc) is 2.15. The van der Waals surface area contributed by atoms with Crippen LogP contribution < -0.4 is 0 Å². The maximum Gasteiger partial charge on any atom is 0.225 e. The van der Waals surface area contributed by atoms with Crippen molar-refractivity contribution in [3.05, 3.63) is 0 Å². The molecule has 1 amide bonds. The van der Waals surface area contributed by atoms with Crippen LogP contribution in [0.2, 0.25) is 0 Å². The lowest BCUT2D eigenvalue weighted by atomic mass is 10.0. The summed E-state index contributed by atoms with van der Waals surface area (Å²) in [5.74, 6) is 0.450. The molecule has 2 unspecified atom stereocenters. The topological polar surface area (TPSA) is 29.5 Å². The van der Waals surface area contributed by atoms with E-state index in [1.807, 2.05) is 25.7 Å². The van der Waals surface area contributed by atoms with Gasteiger partial charge in [-0.1, -0.05) is 20.3 Å². The highest BCUT2D eigenvalue weighted by Gasteiger charge is 2.27. The normalized spacial score (nSPS) is 28.9. The smallest absolute Gasteiger partial charge is 0.225 e. The number of morpholine rings is 1. The Morgan fingerprint density at radius 2 is 1.93 bits per heavy atom. The van der Waals surface area contributed by atoms with Crippen LogP contribution in [0.15, 0.2) is 0 Å². The van der Waals surface area contributed by atoms with Gasteiger partial charge in [-0.15, -0.1) is 0 Å². The maximum absolute atomic E-state index is 12.0. The van der Waals surface area contributed by atoms with Gasteiger partial charge in [0.2, 0.25) is 5.91 Å². The van der Waals surface area contributed by atoms with Crippen LogP contribution in [-0.4, -0.2) is 36.1 Å². The van der Waals surface area contributed by atoms with E-state index < -0.39 is 0 Å². The Morgan fingerprint density at radius 1 is 1.40 bits per heavy atom. The van der Waals surface area contributed by atoms with Crippen LogP contribution in [0.1, 0.15) is 40.5 Å². The predicted octanol–water partition coefficient (Wildman–Crippen LogP) is 2.06. The highest BCUT2D eigenvalue weighted by Crippen LogP contribution is 2.16. The highest BCUT2D eigenvalue weighted by molar-refractivity contribution is 5.78. The van der Waals surface area contributed by atoms with Gasteiger partial charge in [-0.2, -0.15) is 0 Å². The Kier molecular flexibility index (Phi) is 4.58. The fourth-order valence-corrected chi connectivity index (χ4v) is 2.23. The van der Waals surface area contributed by atoms with E-state index in [1.54, 1.807) is 0 Å². The third kappa shape index (κ3) is 3.49. The molecule has 1 fully saturated rings. The number of ether oxygens (including phenoxy) is 1. The lowest BCUT2D eigenvalue weighted by molar-refractivity contribution is -0.147. The van der Waals surface area contributed by atoms with Crippen LogP contribution >= 0.6 is 0 Å². The van der Waals surface area contributed by atoms with Crippen molar-refractivity contribution < 1.29 is 9.53 Å². The van der Waals surface area contributed by atoms with Gasteiger partial charge >= 0.3 is 0 Å². The number of rotatable bonds is 3. The monoisotopic (exact) mass is 213 g/mol. The Hall–Kier alpha value is -0.570. The summed E-state index contributed by atoms with van der Waals surface area (Å²) in [6.07, 6.45) is 2.40. The number of carbonyl (C=O) groups is 1. The fraction of sp³-hybridized carbons (Fsp3) is 0.917. The lowest BCUT2D eigenvalue weighted by Crippen LogP contribution is -2.49. The molecule has 1 heterocycles. The van der Waals surface area contributed by atoms with Crippen molar-refractivity contribution in [2.75, 3.05) is 13.1 Å². The van der Waals surface area contributed by atoms with E-state index in [-0.39, 0.29) is 18.1 Å². The molecule has 0 aliphatic carbocycles. The zero-order valence-electron chi connectivity index (χ0n) is 10.3. The molecule has 0 bridgehead atoms. The highest BCUT2D eigenvalue weighted by atomic mass is 16.5. The fourth-order valence-electron chi connectivity index (χ4n) is 2.23. The van der Waals surface area contributed by atoms with Crippen LogP contribution in [-0.2, 0) is 9.53 Å². The van der Waals surface area contributed by atoms with E-state index in [1.165, 1.54) is 0 Å². The van der Waals surface area contributed by atoms with E-state index in [4.69, 9.17) is 4.74 Å². The molecule has 0 spiro atoms. The van der Waals surface area contributed by atoms with Gasteiger partial charge in [0.05, 0.1) is 12.2 Å². The van der Waals surface area contributed by atoms with Crippen LogP contribution in [0.5, 0.6) is 0 Å². The summed E-state index contributed by atoms with van der Waals surface area (Å²) < 4.78 is 5.61. The zero-order valence-corrected chi connectivity index (χ0v) is 10.3. The van der Waals surface area contributed by atoms with Crippen LogP contribution in [0, 0.1) is 5.92 Å². The van der Waals surface area contributed by atoms with Crippen molar-refractivity contribution in [3.8, 4) is 0 Å². The summed E-state index contributed by atoms with van der Waals surface area (Å²) >= 11 is 0. The first-order valence-corrected chi connectivity index (χ1v) is 5.98. The number of carbonyl (C=O) groups excluding carboxylic acids is 1. The second-order valence-electron chi connectivity index (χ2n) is 4.69. The van der Waals surface area contributed by atoms with Crippen molar-refractivity contribution in [2.24, 2.45) is 5.92 Å². The molecule has 0 saturated carbocycles. The summed E-state index contributed by atoms with van der Waals surface area (Å²) in [7, 11) is 0. The molecule has 0 aromatic carbocycles. The van der Waals surface area contributed by atoms with Gasteiger partial charge < -0.3 is 9.64 Å². The van der Waals surface area contributed by atoms with Gasteiger partial charge in [0.15, 0.2) is 0 Å². The number of nitrogens with zero attached hydrogens (tertiary/aromatic N) is 1. The van der Waals surface area contributed by atoms with Crippen molar-refractivity contribution in [1.29, 1.82) is 0 Å². The molecule has 3 heteroatoms. The summed E-state index contributed by atoms with van der Waals surface area (Å²) in [4.78, 5) is 14.0. The Balaban J connectivity index is 2.51. The van der Waals surface area contributed by atoms with Gasteiger partial charge in [0.25, 0.3) is 0 Å². The molecule has 3 nitrogen and oxygen atoms in total. The van der Waals surface area contributed by atoms with Crippen molar-refractivity contribution >= 4 is 5.91 Å². The average molecular weight is 213 g/mol. The SMILES string of the molecule is CCC[C@H](C)C(=O)N1CC(C)OC(C)C1. The molecule has 88 valence electrons. The van der Waals surface area contributed by atoms with E-state index >= 15 is 0 Å². The summed E-state index contributed by atoms with van der Waals surface area (Å²) in [6.45, 7) is 9.69. The molecule has 1 aliphatic heterocycles. The van der Waals surface area contributed by atoms with E-state index in [9.17, 15) is 4.79 Å². The Labute approximate surface area is 92.8 Å². The quantitative estimate of drug-likeness (QED) is 0.718. The molecular weight excluding hydrogens is 190 g/mol. The predicted molar refractivity (Wildman–Crippen MR) is 60.7 cm³/mol. The van der Waals surface area contributed by atoms with Gasteiger partial charge in [0.1, 0.15) is 0 Å². The first kappa shape index (κ1) is 12.5. The molecule has 0 aromatic rings. The second-order valence-corrected chi connectivity index (χ2v) is 4.69. The standard InChI is InChI=1S/C12H23NO2/c1-5-6-9(2)12(14)13-7-10(3)15-11(4)8-13/h9-11H,5-8H2,1-4H3/t9-,10?,11?/m0/s1. The third-order valence-corrected chi connectivity index (χ3v) is 2.87. The molecule has 1 saturated heterocycles. The van der Waals surface area contributed by atoms with Crippen LogP contribution in [0.25, 0.3) is 0 Å². The van der Waals surface area contributed by atoms with E-state index in [2.05, 4.69) is 6.92 Å². The summed E-state index contributed by atoms with van der Waals surface area (Å²) in [5, 5.41) is 0. The molecule has 15 heavy (non-hydrogen) atoms. The number of amides is 1. The zero-order chi connectivity index (χ0) is 11.4. The van der Waals surface area contributed by atoms with Crippen LogP contribution in [0.3, 0.4) is 0 Å². The van der Waals surface area contributed by atoms with Gasteiger partial charge in [-0.3, -0.25) is 4.79 Å². The van der Waals surface area contributed by atoms with Crippen molar-refractivity contribution in [2.45, 2.75) is 52.7 Å². The molecule has 3 atom stereocenters. The number of hydrogen-bond donors (Lipinski definition) is 0. The minimum Gasteiger partial charge on any atom is -0.372 e. The minimum absolute atomic E-state index is 0.160. The molecule has 1 aliphatic rings. The maximum atomic E-state index is 12.0. The first-order valence-electron chi connectivity index (χ1n) is 5.98. The van der Waals surface area contributed by atoms with Gasteiger partial charge in [0, 0.05) is 19.0 Å². The largest absolute Gasteiger partial charge is 0.372 e. The van der Waals surface area contributed by atoms with Crippen molar-refractivity contribution in [1.82, 2.24) is 4.90 Å². The molecule has 0 aromatic heterocycles. The first-order chi connectivity index (χ1) is 7.04. The van der Waals surface area contributed by atoms with Crippen LogP contribution in [0.4, 0.5) is 0 Å². The third-order valence-electron chi connectivity index (χ3n) is 2.87. The summed E-state index contributed by atoms with van der Waals surface area (Å²) in [5.41, 5.74) is 0.